The second-order valence-electron chi connectivity index (χ2n) is 3.83. The predicted molar refractivity (Wildman–Crippen MR) is 61.6 cm³/mol. The summed E-state index contributed by atoms with van der Waals surface area (Å²) in [5.41, 5.74) is 5.26. The van der Waals surface area contributed by atoms with Gasteiger partial charge in [-0.25, -0.2) is 17.7 Å². The fraction of sp³-hybridized carbons (Fsp3) is 0.214. The molecule has 0 saturated carbocycles. The molecule has 0 unspecified atom stereocenters. The van der Waals surface area contributed by atoms with E-state index in [1.807, 2.05) is 32.0 Å². The van der Waals surface area contributed by atoms with E-state index < -0.39 is 0 Å². The molecule has 0 N–H and O–H groups in total. The molecule has 16 heavy (non-hydrogen) atoms. The van der Waals surface area contributed by atoms with Crippen LogP contribution in [0.3, 0.4) is 0 Å². The van der Waals surface area contributed by atoms with Crippen LogP contribution < -0.4 is 0 Å². The number of rotatable bonds is 1. The maximum absolute atomic E-state index is 4.46. The second-order valence-corrected chi connectivity index (χ2v) is 3.83. The van der Waals surface area contributed by atoms with E-state index in [0.717, 1.165) is 22.5 Å². The van der Waals surface area contributed by atoms with Gasteiger partial charge in [0.2, 0.25) is 0 Å². The third-order valence-electron chi connectivity index (χ3n) is 2.24. The summed E-state index contributed by atoms with van der Waals surface area (Å²) in [7, 11) is 0. The van der Waals surface area contributed by atoms with Gasteiger partial charge in [-0.15, -0.1) is 23.4 Å². The average molecular weight is 387 g/mol. The van der Waals surface area contributed by atoms with Gasteiger partial charge in [0.15, 0.2) is 0 Å². The molecule has 0 amide bonds. The number of aromatic nitrogens is 1. The molecule has 0 bridgehead atoms. The van der Waals surface area contributed by atoms with Crippen molar-refractivity contribution in [3.8, 4) is 11.3 Å². The molecule has 2 rings (SSSR count). The molecule has 0 aliphatic carbocycles. The Morgan fingerprint density at radius 2 is 1.88 bits per heavy atom. The van der Waals surface area contributed by atoms with Crippen LogP contribution in [0.4, 0.5) is 0 Å². The summed E-state index contributed by atoms with van der Waals surface area (Å²) in [6.45, 7) is 6.11. The quantitative estimate of drug-likeness (QED) is 0.685. The number of nitrogens with zero attached hydrogens (tertiary/aromatic N) is 1. The first-order valence-electron chi connectivity index (χ1n) is 5.01. The first-order valence-corrected chi connectivity index (χ1v) is 5.01. The topological polar surface area (TPSA) is 12.9 Å². The van der Waals surface area contributed by atoms with Crippen molar-refractivity contribution in [1.29, 1.82) is 0 Å². The molecule has 0 spiro atoms. The third kappa shape index (κ3) is 3.00. The first kappa shape index (κ1) is 13.1. The van der Waals surface area contributed by atoms with Gasteiger partial charge in [0, 0.05) is 20.1 Å². The van der Waals surface area contributed by atoms with E-state index in [9.17, 15) is 0 Å². The van der Waals surface area contributed by atoms with Crippen LogP contribution in [0, 0.1) is 32.9 Å². The third-order valence-corrected chi connectivity index (χ3v) is 2.24. The fourth-order valence-electron chi connectivity index (χ4n) is 1.62. The monoisotopic (exact) mass is 388 g/mol. The van der Waals surface area contributed by atoms with Crippen LogP contribution in [0.1, 0.15) is 16.8 Å². The molecule has 0 saturated heterocycles. The van der Waals surface area contributed by atoms with Gasteiger partial charge in [-0.05, 0) is 12.6 Å². The Morgan fingerprint density at radius 3 is 2.50 bits per heavy atom. The summed E-state index contributed by atoms with van der Waals surface area (Å²) in [6, 6.07) is 14.5. The minimum absolute atomic E-state index is 0. The Bertz CT molecular complexity index is 472. The van der Waals surface area contributed by atoms with Gasteiger partial charge in [0.1, 0.15) is 0 Å². The van der Waals surface area contributed by atoms with E-state index in [-0.39, 0.29) is 20.1 Å². The zero-order chi connectivity index (χ0) is 10.8. The minimum atomic E-state index is 0. The Kier molecular flexibility index (Phi) is 4.40. The summed E-state index contributed by atoms with van der Waals surface area (Å²) in [5, 5.41) is 0. The SMILES string of the molecule is Cc1[c-]c(-c2[c-]ccc(C)c2)nc(C)c1.[Ir]. The molecule has 0 aliphatic heterocycles. The largest absolute Gasteiger partial charge is 0.341 e. The molecular weight excluding hydrogens is 374 g/mol. The second kappa shape index (κ2) is 5.38. The smallest absolute Gasteiger partial charge is 0 e. The van der Waals surface area contributed by atoms with Crippen LogP contribution in [0.15, 0.2) is 24.3 Å². The molecular formula is C14H13IrN-2. The normalized spacial score (nSPS) is 9.69. The van der Waals surface area contributed by atoms with E-state index in [4.69, 9.17) is 0 Å². The minimum Gasteiger partial charge on any atom is -0.341 e. The van der Waals surface area contributed by atoms with Gasteiger partial charge in [0.25, 0.3) is 0 Å². The summed E-state index contributed by atoms with van der Waals surface area (Å²) in [6.07, 6.45) is 0. The average Bonchev–Trinajstić information content (AvgIpc) is 2.16. The van der Waals surface area contributed by atoms with Crippen LogP contribution in [-0.4, -0.2) is 4.98 Å². The van der Waals surface area contributed by atoms with Crippen molar-refractivity contribution in [2.24, 2.45) is 0 Å². The van der Waals surface area contributed by atoms with Crippen LogP contribution >= 0.6 is 0 Å². The number of aryl methyl sites for hydroxylation is 3. The van der Waals surface area contributed by atoms with Crippen molar-refractivity contribution in [3.05, 3.63) is 53.2 Å². The van der Waals surface area contributed by atoms with Crippen LogP contribution in [0.5, 0.6) is 0 Å². The zero-order valence-corrected chi connectivity index (χ0v) is 12.0. The van der Waals surface area contributed by atoms with E-state index in [2.05, 4.69) is 30.1 Å². The molecule has 2 aromatic rings. The summed E-state index contributed by atoms with van der Waals surface area (Å²) < 4.78 is 0. The molecule has 1 radical (unpaired) electrons. The fourth-order valence-corrected chi connectivity index (χ4v) is 1.62. The molecule has 0 aliphatic rings. The molecule has 1 aromatic carbocycles. The van der Waals surface area contributed by atoms with Crippen LogP contribution in [-0.2, 0) is 20.1 Å². The van der Waals surface area contributed by atoms with Crippen molar-refractivity contribution in [3.63, 3.8) is 0 Å². The number of benzene rings is 1. The number of pyridine rings is 1. The molecule has 0 atom stereocenters. The Morgan fingerprint density at radius 1 is 1.12 bits per heavy atom. The zero-order valence-electron chi connectivity index (χ0n) is 9.59. The number of hydrogen-bond donors (Lipinski definition) is 0. The van der Waals surface area contributed by atoms with Gasteiger partial charge in [-0.1, -0.05) is 13.8 Å². The standard InChI is InChI=1S/C14H13N.Ir/c1-10-5-4-6-13(8-10)14-9-11(2)7-12(3)15-14;/h4-5,7-8H,1-3H3;/q-2;. The van der Waals surface area contributed by atoms with Gasteiger partial charge < -0.3 is 4.98 Å². The number of hydrogen-bond acceptors (Lipinski definition) is 1. The Hall–Kier alpha value is -0.981. The van der Waals surface area contributed by atoms with E-state index in [1.165, 1.54) is 5.56 Å². The van der Waals surface area contributed by atoms with E-state index in [1.54, 1.807) is 0 Å². The summed E-state index contributed by atoms with van der Waals surface area (Å²) in [4.78, 5) is 4.46. The molecule has 1 nitrogen and oxygen atoms in total. The van der Waals surface area contributed by atoms with Crippen molar-refractivity contribution in [2.45, 2.75) is 20.8 Å². The molecule has 0 fully saturated rings. The molecule has 1 heterocycles. The predicted octanol–water partition coefficient (Wildman–Crippen LogP) is 3.27. The van der Waals surface area contributed by atoms with E-state index >= 15 is 0 Å². The Balaban J connectivity index is 0.00000128. The first-order chi connectivity index (χ1) is 7.15. The van der Waals surface area contributed by atoms with Gasteiger partial charge >= 0.3 is 0 Å². The summed E-state index contributed by atoms with van der Waals surface area (Å²) >= 11 is 0. The van der Waals surface area contributed by atoms with Gasteiger partial charge in [-0.2, -0.15) is 17.7 Å². The maximum atomic E-state index is 4.46. The summed E-state index contributed by atoms with van der Waals surface area (Å²) in [5.74, 6) is 0. The van der Waals surface area contributed by atoms with Crippen LogP contribution in [0.25, 0.3) is 11.3 Å². The van der Waals surface area contributed by atoms with E-state index in [0.29, 0.717) is 0 Å². The molecule has 2 heteroatoms. The van der Waals surface area contributed by atoms with Crippen molar-refractivity contribution in [1.82, 2.24) is 4.98 Å². The van der Waals surface area contributed by atoms with Gasteiger partial charge in [0.05, 0.1) is 0 Å². The van der Waals surface area contributed by atoms with Crippen molar-refractivity contribution in [2.75, 3.05) is 0 Å². The van der Waals surface area contributed by atoms with Crippen molar-refractivity contribution < 1.29 is 20.1 Å². The van der Waals surface area contributed by atoms with Gasteiger partial charge in [-0.3, -0.25) is 0 Å². The maximum Gasteiger partial charge on any atom is 0 e. The molecule has 1 aromatic heterocycles. The van der Waals surface area contributed by atoms with Crippen molar-refractivity contribution >= 4 is 0 Å². The van der Waals surface area contributed by atoms with Crippen LogP contribution in [0.2, 0.25) is 0 Å². The Labute approximate surface area is 110 Å². The molecule has 85 valence electrons.